The van der Waals surface area contributed by atoms with Crippen LogP contribution in [0.1, 0.15) is 15.2 Å². The van der Waals surface area contributed by atoms with Gasteiger partial charge < -0.3 is 4.84 Å². The highest BCUT2D eigenvalue weighted by Crippen LogP contribution is 2.22. The van der Waals surface area contributed by atoms with Gasteiger partial charge >= 0.3 is 11.0 Å². The number of carbonyl (C=O) groups excluding carboxylic acids is 1. The van der Waals surface area contributed by atoms with Gasteiger partial charge in [0.25, 0.3) is 0 Å². The van der Waals surface area contributed by atoms with Crippen LogP contribution >= 0.6 is 27.3 Å². The van der Waals surface area contributed by atoms with Gasteiger partial charge in [0.05, 0.1) is 21.6 Å². The van der Waals surface area contributed by atoms with Gasteiger partial charge in [0, 0.05) is 10.5 Å². The van der Waals surface area contributed by atoms with E-state index in [-0.39, 0.29) is 5.00 Å². The predicted octanol–water partition coefficient (Wildman–Crippen LogP) is 3.61. The quantitative estimate of drug-likeness (QED) is 0.363. The van der Waals surface area contributed by atoms with Gasteiger partial charge in [0.15, 0.2) is 0 Å². The van der Waals surface area contributed by atoms with E-state index in [2.05, 4.69) is 21.1 Å². The summed E-state index contributed by atoms with van der Waals surface area (Å²) in [7, 11) is 0. The summed E-state index contributed by atoms with van der Waals surface area (Å²) in [6.07, 6.45) is 1.26. The lowest BCUT2D eigenvalue weighted by Gasteiger charge is -1.97. The lowest BCUT2D eigenvalue weighted by atomic mass is 10.2. The minimum Gasteiger partial charge on any atom is -0.313 e. The molecule has 0 unspecified atom stereocenters. The third kappa shape index (κ3) is 3.72. The van der Waals surface area contributed by atoms with Crippen molar-refractivity contribution in [3.05, 3.63) is 61.4 Å². The smallest absolute Gasteiger partial charge is 0.313 e. The number of carbonyl (C=O) groups is 1. The van der Waals surface area contributed by atoms with Crippen molar-refractivity contribution in [2.24, 2.45) is 5.16 Å². The molecule has 0 spiro atoms. The van der Waals surface area contributed by atoms with Crippen LogP contribution in [0.15, 0.2) is 46.0 Å². The number of oxime groups is 1. The monoisotopic (exact) mass is 354 g/mol. The zero-order valence-corrected chi connectivity index (χ0v) is 12.3. The molecule has 0 fully saturated rings. The van der Waals surface area contributed by atoms with Gasteiger partial charge in [-0.05, 0) is 24.3 Å². The molecule has 6 nitrogen and oxygen atoms in total. The van der Waals surface area contributed by atoms with Crippen LogP contribution in [-0.2, 0) is 4.84 Å². The molecule has 0 saturated heterocycles. The second kappa shape index (κ2) is 6.40. The third-order valence-electron chi connectivity index (χ3n) is 2.17. The maximum atomic E-state index is 11.6. The Kier molecular flexibility index (Phi) is 4.59. The van der Waals surface area contributed by atoms with E-state index in [1.807, 2.05) is 0 Å². The summed E-state index contributed by atoms with van der Waals surface area (Å²) in [5.74, 6) is -0.603. The van der Waals surface area contributed by atoms with Gasteiger partial charge in [-0.2, -0.15) is 0 Å². The average molecular weight is 355 g/mol. The van der Waals surface area contributed by atoms with Crippen LogP contribution in [-0.4, -0.2) is 17.1 Å². The van der Waals surface area contributed by atoms with E-state index in [1.165, 1.54) is 18.3 Å². The maximum absolute atomic E-state index is 11.6. The van der Waals surface area contributed by atoms with E-state index in [4.69, 9.17) is 4.84 Å². The average Bonchev–Trinajstić information content (AvgIpc) is 2.87. The highest BCUT2D eigenvalue weighted by atomic mass is 79.9. The summed E-state index contributed by atoms with van der Waals surface area (Å²) in [6.45, 7) is 0. The summed E-state index contributed by atoms with van der Waals surface area (Å²) < 4.78 is 0.754. The van der Waals surface area contributed by atoms with Gasteiger partial charge in [0.2, 0.25) is 0 Å². The first-order valence-corrected chi connectivity index (χ1v) is 6.92. The Bertz CT molecular complexity index is 684. The van der Waals surface area contributed by atoms with Crippen molar-refractivity contribution in [2.45, 2.75) is 0 Å². The fraction of sp³-hybridized carbons (Fsp3) is 0. The van der Waals surface area contributed by atoms with Crippen LogP contribution in [0, 0.1) is 10.1 Å². The summed E-state index contributed by atoms with van der Waals surface area (Å²) in [4.78, 5) is 26.9. The molecule has 8 heteroatoms. The predicted molar refractivity (Wildman–Crippen MR) is 78.1 cm³/mol. The third-order valence-corrected chi connectivity index (χ3v) is 3.63. The molecule has 1 aromatic heterocycles. The van der Waals surface area contributed by atoms with Gasteiger partial charge in [0.1, 0.15) is 0 Å². The Balaban J connectivity index is 1.99. The Morgan fingerprint density at radius 3 is 2.85 bits per heavy atom. The second-order valence-electron chi connectivity index (χ2n) is 3.56. The number of hydrogen-bond acceptors (Lipinski definition) is 6. The van der Waals surface area contributed by atoms with Gasteiger partial charge in [-0.15, -0.1) is 0 Å². The van der Waals surface area contributed by atoms with Crippen LogP contribution in [0.2, 0.25) is 0 Å². The molecule has 0 aliphatic heterocycles. The van der Waals surface area contributed by atoms with Crippen molar-refractivity contribution < 1.29 is 14.6 Å². The summed E-state index contributed by atoms with van der Waals surface area (Å²) in [5.41, 5.74) is 0.355. The zero-order valence-electron chi connectivity index (χ0n) is 9.86. The van der Waals surface area contributed by atoms with E-state index < -0.39 is 10.9 Å². The zero-order chi connectivity index (χ0) is 14.5. The van der Waals surface area contributed by atoms with Crippen molar-refractivity contribution in [1.29, 1.82) is 0 Å². The molecular weight excluding hydrogens is 348 g/mol. The Morgan fingerprint density at radius 1 is 1.40 bits per heavy atom. The van der Waals surface area contributed by atoms with Crippen LogP contribution in [0.4, 0.5) is 5.00 Å². The molecule has 0 atom stereocenters. The van der Waals surface area contributed by atoms with E-state index in [9.17, 15) is 14.9 Å². The molecule has 0 saturated carbocycles. The molecule has 0 aliphatic rings. The van der Waals surface area contributed by atoms with Crippen LogP contribution < -0.4 is 0 Å². The number of benzene rings is 1. The molecule has 2 aromatic rings. The maximum Gasteiger partial charge on any atom is 0.365 e. The molecule has 2 rings (SSSR count). The number of rotatable bonds is 4. The molecule has 1 heterocycles. The standard InChI is InChI=1S/C12H7BrN2O4S/c13-9-3-1-2-8(6-9)12(16)19-14-7-10-4-5-11(20-10)15(17)18/h1-7H/b14-7-. The normalized spacial score (nSPS) is 10.7. The van der Waals surface area contributed by atoms with E-state index in [1.54, 1.807) is 24.3 Å². The SMILES string of the molecule is O=C(O/N=C\c1ccc([N+](=O)[O-])s1)c1cccc(Br)c1. The summed E-state index contributed by atoms with van der Waals surface area (Å²) in [5, 5.41) is 14.0. The molecule has 102 valence electrons. The first-order valence-electron chi connectivity index (χ1n) is 5.31. The van der Waals surface area contributed by atoms with Crippen LogP contribution in [0.3, 0.4) is 0 Å². The largest absolute Gasteiger partial charge is 0.365 e. The molecule has 0 aliphatic carbocycles. The van der Waals surface area contributed by atoms with Crippen molar-refractivity contribution >= 4 is 44.5 Å². The highest BCUT2D eigenvalue weighted by molar-refractivity contribution is 9.10. The molecule has 1 aromatic carbocycles. The lowest BCUT2D eigenvalue weighted by Crippen LogP contribution is -2.00. The topological polar surface area (TPSA) is 81.8 Å². The molecule has 0 radical (unpaired) electrons. The summed E-state index contributed by atoms with van der Waals surface area (Å²) >= 11 is 4.19. The Morgan fingerprint density at radius 2 is 2.20 bits per heavy atom. The first kappa shape index (κ1) is 14.4. The van der Waals surface area contributed by atoms with E-state index in [0.29, 0.717) is 10.4 Å². The second-order valence-corrected chi connectivity index (χ2v) is 5.57. The lowest BCUT2D eigenvalue weighted by molar-refractivity contribution is -0.380. The number of hydrogen-bond donors (Lipinski definition) is 0. The van der Waals surface area contributed by atoms with Crippen molar-refractivity contribution in [3.63, 3.8) is 0 Å². The highest BCUT2D eigenvalue weighted by Gasteiger charge is 2.09. The van der Waals surface area contributed by atoms with Gasteiger partial charge in [-0.3, -0.25) is 10.1 Å². The number of nitrogens with zero attached hydrogens (tertiary/aromatic N) is 2. The van der Waals surface area contributed by atoms with Crippen molar-refractivity contribution in [1.82, 2.24) is 0 Å². The van der Waals surface area contributed by atoms with Gasteiger partial charge in [-0.25, -0.2) is 4.79 Å². The number of nitro groups is 1. The number of halogens is 1. The molecule has 0 N–H and O–H groups in total. The van der Waals surface area contributed by atoms with Crippen molar-refractivity contribution in [2.75, 3.05) is 0 Å². The molecule has 0 amide bonds. The van der Waals surface area contributed by atoms with E-state index >= 15 is 0 Å². The molecule has 20 heavy (non-hydrogen) atoms. The molecule has 0 bridgehead atoms. The van der Waals surface area contributed by atoms with E-state index in [0.717, 1.165) is 15.8 Å². The fourth-order valence-corrected chi connectivity index (χ4v) is 2.39. The van der Waals surface area contributed by atoms with Crippen LogP contribution in [0.5, 0.6) is 0 Å². The molecular formula is C12H7BrN2O4S. The Labute approximate surface area is 126 Å². The first-order chi connectivity index (χ1) is 9.56. The fourth-order valence-electron chi connectivity index (χ4n) is 1.30. The minimum atomic E-state index is -0.603. The number of thiophene rings is 1. The minimum absolute atomic E-state index is 0.00441. The van der Waals surface area contributed by atoms with Crippen molar-refractivity contribution in [3.8, 4) is 0 Å². The van der Waals surface area contributed by atoms with Gasteiger partial charge in [-0.1, -0.05) is 38.5 Å². The summed E-state index contributed by atoms with van der Waals surface area (Å²) in [6, 6.07) is 9.58. The Hall–Kier alpha value is -2.06. The van der Waals surface area contributed by atoms with Crippen LogP contribution in [0.25, 0.3) is 0 Å².